The van der Waals surface area contributed by atoms with E-state index in [0.717, 1.165) is 33.2 Å². The number of anilines is 1. The van der Waals surface area contributed by atoms with Gasteiger partial charge in [-0.3, -0.25) is 4.79 Å². The Labute approximate surface area is 184 Å². The zero-order valence-electron chi connectivity index (χ0n) is 18.2. The lowest BCUT2D eigenvalue weighted by molar-refractivity contribution is -0.120. The molecule has 0 radical (unpaired) electrons. The first-order valence-corrected chi connectivity index (χ1v) is 12.1. The summed E-state index contributed by atoms with van der Waals surface area (Å²) in [5.41, 5.74) is 3.30. The molecule has 1 heterocycles. The van der Waals surface area contributed by atoms with E-state index in [0.29, 0.717) is 24.3 Å². The number of piperidine rings is 1. The zero-order chi connectivity index (χ0) is 22.2. The van der Waals surface area contributed by atoms with Gasteiger partial charge in [0.05, 0.1) is 10.8 Å². The van der Waals surface area contributed by atoms with E-state index in [1.54, 1.807) is 0 Å². The van der Waals surface area contributed by atoms with Gasteiger partial charge in [0.25, 0.3) is 0 Å². The molecular formula is C25H28N2O3S. The van der Waals surface area contributed by atoms with Gasteiger partial charge in [0.1, 0.15) is 0 Å². The topological polar surface area (TPSA) is 66.5 Å². The summed E-state index contributed by atoms with van der Waals surface area (Å²) in [4.78, 5) is 13.4. The highest BCUT2D eigenvalue weighted by Gasteiger charge is 2.35. The molecule has 1 aliphatic heterocycles. The van der Waals surface area contributed by atoms with Gasteiger partial charge in [0, 0.05) is 24.2 Å². The Hall–Kier alpha value is -2.70. The van der Waals surface area contributed by atoms with E-state index in [4.69, 9.17) is 0 Å². The van der Waals surface area contributed by atoms with Gasteiger partial charge in [-0.2, -0.15) is 4.31 Å². The van der Waals surface area contributed by atoms with E-state index in [2.05, 4.69) is 5.32 Å². The third kappa shape index (κ3) is 4.23. The first kappa shape index (κ1) is 21.5. The maximum absolute atomic E-state index is 13.4. The number of amides is 1. The first-order valence-electron chi connectivity index (χ1n) is 10.6. The summed E-state index contributed by atoms with van der Waals surface area (Å²) in [6, 6.07) is 17.5. The number of nitrogens with one attached hydrogen (secondary N) is 1. The average Bonchev–Trinajstić information content (AvgIpc) is 2.73. The van der Waals surface area contributed by atoms with E-state index in [-0.39, 0.29) is 18.4 Å². The molecule has 3 aromatic rings. The largest absolute Gasteiger partial charge is 0.325 e. The van der Waals surface area contributed by atoms with Crippen molar-refractivity contribution in [3.63, 3.8) is 0 Å². The van der Waals surface area contributed by atoms with Crippen molar-refractivity contribution in [1.29, 1.82) is 0 Å². The van der Waals surface area contributed by atoms with Crippen molar-refractivity contribution in [1.82, 2.24) is 4.31 Å². The Morgan fingerprint density at radius 2 is 1.68 bits per heavy atom. The van der Waals surface area contributed by atoms with Crippen LogP contribution < -0.4 is 5.32 Å². The van der Waals surface area contributed by atoms with Crippen LogP contribution in [0.4, 0.5) is 5.69 Å². The second-order valence-electron chi connectivity index (χ2n) is 8.45. The fourth-order valence-electron chi connectivity index (χ4n) is 4.65. The lowest BCUT2D eigenvalue weighted by atomic mass is 9.98. The summed E-state index contributed by atoms with van der Waals surface area (Å²) in [7, 11) is -3.66. The van der Waals surface area contributed by atoms with Crippen LogP contribution in [0, 0.1) is 26.7 Å². The highest BCUT2D eigenvalue weighted by atomic mass is 32.2. The summed E-state index contributed by atoms with van der Waals surface area (Å²) in [5, 5.41) is 5.07. The molecule has 1 aliphatic rings. The van der Waals surface area contributed by atoms with Crippen LogP contribution in [-0.4, -0.2) is 31.7 Å². The molecule has 3 aromatic carbocycles. The van der Waals surface area contributed by atoms with Crippen LogP contribution in [0.1, 0.15) is 29.5 Å². The number of hydrogen-bond donors (Lipinski definition) is 1. The summed E-state index contributed by atoms with van der Waals surface area (Å²) in [6.07, 6.45) is 1.34. The van der Waals surface area contributed by atoms with Gasteiger partial charge in [-0.15, -0.1) is 0 Å². The molecule has 1 saturated heterocycles. The molecule has 0 bridgehead atoms. The summed E-state index contributed by atoms with van der Waals surface area (Å²) in [5.74, 6) is -0.512. The molecule has 0 saturated carbocycles. The number of nitrogens with zero attached hydrogens (tertiary/aromatic N) is 1. The predicted molar refractivity (Wildman–Crippen MR) is 125 cm³/mol. The van der Waals surface area contributed by atoms with E-state index in [9.17, 15) is 13.2 Å². The molecule has 1 amide bonds. The zero-order valence-corrected chi connectivity index (χ0v) is 19.0. The molecule has 1 N–H and O–H groups in total. The quantitative estimate of drug-likeness (QED) is 0.639. The number of rotatable bonds is 4. The van der Waals surface area contributed by atoms with Crippen molar-refractivity contribution in [3.8, 4) is 0 Å². The highest BCUT2D eigenvalue weighted by molar-refractivity contribution is 7.89. The molecule has 0 spiro atoms. The number of fused-ring (bicyclic) bond motifs is 1. The smallest absolute Gasteiger partial charge is 0.243 e. The number of sulfonamides is 1. The molecule has 0 aliphatic carbocycles. The Morgan fingerprint density at radius 3 is 2.42 bits per heavy atom. The fraction of sp³-hybridized carbons (Fsp3) is 0.320. The average molecular weight is 437 g/mol. The molecule has 1 fully saturated rings. The van der Waals surface area contributed by atoms with Crippen LogP contribution in [0.15, 0.2) is 59.5 Å². The summed E-state index contributed by atoms with van der Waals surface area (Å²) in [6.45, 7) is 6.27. The van der Waals surface area contributed by atoms with Crippen LogP contribution in [0.2, 0.25) is 0 Å². The van der Waals surface area contributed by atoms with Gasteiger partial charge in [0.2, 0.25) is 15.9 Å². The third-order valence-electron chi connectivity index (χ3n) is 6.00. The summed E-state index contributed by atoms with van der Waals surface area (Å²) >= 11 is 0. The van der Waals surface area contributed by atoms with Gasteiger partial charge >= 0.3 is 0 Å². The Morgan fingerprint density at radius 1 is 1.00 bits per heavy atom. The monoisotopic (exact) mass is 436 g/mol. The lowest BCUT2D eigenvalue weighted by Crippen LogP contribution is -2.44. The van der Waals surface area contributed by atoms with Gasteiger partial charge < -0.3 is 5.32 Å². The molecule has 5 nitrogen and oxygen atoms in total. The molecule has 1 atom stereocenters. The summed E-state index contributed by atoms with van der Waals surface area (Å²) < 4.78 is 28.4. The van der Waals surface area contributed by atoms with Crippen molar-refractivity contribution in [3.05, 3.63) is 71.3 Å². The second kappa shape index (κ2) is 8.44. The van der Waals surface area contributed by atoms with Crippen LogP contribution >= 0.6 is 0 Å². The van der Waals surface area contributed by atoms with E-state index >= 15 is 0 Å². The van der Waals surface area contributed by atoms with E-state index in [1.165, 1.54) is 4.31 Å². The van der Waals surface area contributed by atoms with Gasteiger partial charge in [-0.25, -0.2) is 8.42 Å². The van der Waals surface area contributed by atoms with Crippen LogP contribution in [0.5, 0.6) is 0 Å². The number of benzene rings is 3. The maximum Gasteiger partial charge on any atom is 0.243 e. The SMILES string of the molecule is Cc1cc(C)c(S(=O)(=O)N2CCC[C@H](C(=O)Nc3cccc4ccccc34)C2)c(C)c1. The molecule has 31 heavy (non-hydrogen) atoms. The van der Waals surface area contributed by atoms with E-state index < -0.39 is 10.0 Å². The van der Waals surface area contributed by atoms with Crippen LogP contribution in [0.3, 0.4) is 0 Å². The molecule has 4 rings (SSSR count). The van der Waals surface area contributed by atoms with Crippen molar-refractivity contribution >= 4 is 32.4 Å². The van der Waals surface area contributed by atoms with Gasteiger partial charge in [-0.1, -0.05) is 54.1 Å². The van der Waals surface area contributed by atoms with Crippen LogP contribution in [0.25, 0.3) is 10.8 Å². The Balaban J connectivity index is 1.56. The fourth-order valence-corrected chi connectivity index (χ4v) is 6.58. The lowest BCUT2D eigenvalue weighted by Gasteiger charge is -2.32. The Bertz CT molecular complexity index is 1220. The van der Waals surface area contributed by atoms with Gasteiger partial charge in [-0.05, 0) is 56.2 Å². The van der Waals surface area contributed by atoms with Crippen LogP contribution in [-0.2, 0) is 14.8 Å². The molecule has 162 valence electrons. The van der Waals surface area contributed by atoms with Crippen molar-refractivity contribution in [2.24, 2.45) is 5.92 Å². The minimum atomic E-state index is -3.66. The number of aryl methyl sites for hydroxylation is 3. The predicted octanol–water partition coefficient (Wildman–Crippen LogP) is 4.80. The molecule has 0 aromatic heterocycles. The van der Waals surface area contributed by atoms with Crippen molar-refractivity contribution < 1.29 is 13.2 Å². The van der Waals surface area contributed by atoms with Crippen molar-refractivity contribution in [2.45, 2.75) is 38.5 Å². The minimum absolute atomic E-state index is 0.131. The highest BCUT2D eigenvalue weighted by Crippen LogP contribution is 2.30. The van der Waals surface area contributed by atoms with E-state index in [1.807, 2.05) is 75.4 Å². The standard InChI is InChI=1S/C25H28N2O3S/c1-17-14-18(2)24(19(3)15-17)31(29,30)27-13-7-10-21(16-27)25(28)26-23-12-6-9-20-8-4-5-11-22(20)23/h4-6,8-9,11-12,14-15,21H,7,10,13,16H2,1-3H3,(H,26,28)/t21-/m0/s1. The second-order valence-corrected chi connectivity index (χ2v) is 10.3. The Kier molecular flexibility index (Phi) is 5.86. The molecule has 6 heteroatoms. The number of carbonyl (C=O) groups is 1. The minimum Gasteiger partial charge on any atom is -0.325 e. The normalized spacial score (nSPS) is 17.6. The van der Waals surface area contributed by atoms with Gasteiger partial charge in [0.15, 0.2) is 0 Å². The third-order valence-corrected chi connectivity index (χ3v) is 8.18. The first-order chi connectivity index (χ1) is 14.8. The number of hydrogen-bond acceptors (Lipinski definition) is 3. The maximum atomic E-state index is 13.4. The number of carbonyl (C=O) groups excluding carboxylic acids is 1. The molecular weight excluding hydrogens is 408 g/mol. The molecule has 0 unspecified atom stereocenters. The van der Waals surface area contributed by atoms with Crippen molar-refractivity contribution in [2.75, 3.05) is 18.4 Å².